The molecular formula is C19H28ClFN2O. The Hall–Kier alpha value is -1.13. The van der Waals surface area contributed by atoms with Crippen LogP contribution in [0, 0.1) is 12.7 Å². The minimum atomic E-state index is -0.346. The van der Waals surface area contributed by atoms with Gasteiger partial charge in [0, 0.05) is 12.6 Å². The first-order chi connectivity index (χ1) is 11.1. The SMILES string of the molecule is Cc1cc(C2CCNCC2)cc(F)c1C(=O)N1CCCCC1C.Cl. The highest BCUT2D eigenvalue weighted by Gasteiger charge is 2.28. The lowest BCUT2D eigenvalue weighted by Crippen LogP contribution is -2.42. The van der Waals surface area contributed by atoms with E-state index in [0.717, 1.165) is 62.9 Å². The molecule has 1 N–H and O–H groups in total. The molecule has 0 bridgehead atoms. The zero-order valence-corrected chi connectivity index (χ0v) is 15.4. The zero-order chi connectivity index (χ0) is 16.4. The summed E-state index contributed by atoms with van der Waals surface area (Å²) in [6, 6.07) is 3.84. The van der Waals surface area contributed by atoms with Crippen LogP contribution < -0.4 is 5.32 Å². The fourth-order valence-corrected chi connectivity index (χ4v) is 3.98. The van der Waals surface area contributed by atoms with Gasteiger partial charge in [-0.2, -0.15) is 0 Å². The number of nitrogens with one attached hydrogen (secondary N) is 1. The molecule has 3 nitrogen and oxygen atoms in total. The highest BCUT2D eigenvalue weighted by Crippen LogP contribution is 2.30. The van der Waals surface area contributed by atoms with Gasteiger partial charge in [0.05, 0.1) is 5.56 Å². The second kappa shape index (κ2) is 8.30. The van der Waals surface area contributed by atoms with Crippen molar-refractivity contribution in [3.8, 4) is 0 Å². The largest absolute Gasteiger partial charge is 0.336 e. The van der Waals surface area contributed by atoms with Crippen LogP contribution in [0.25, 0.3) is 0 Å². The molecule has 2 aliphatic heterocycles. The first-order valence-corrected chi connectivity index (χ1v) is 8.89. The van der Waals surface area contributed by atoms with Gasteiger partial charge in [-0.1, -0.05) is 6.07 Å². The molecule has 1 aromatic carbocycles. The molecule has 2 heterocycles. The smallest absolute Gasteiger partial charge is 0.257 e. The van der Waals surface area contributed by atoms with E-state index < -0.39 is 0 Å². The molecule has 5 heteroatoms. The summed E-state index contributed by atoms with van der Waals surface area (Å²) in [4.78, 5) is 14.7. The van der Waals surface area contributed by atoms with Gasteiger partial charge in [0.1, 0.15) is 5.82 Å². The second-order valence-electron chi connectivity index (χ2n) is 7.06. The van der Waals surface area contributed by atoms with E-state index in [9.17, 15) is 9.18 Å². The summed E-state index contributed by atoms with van der Waals surface area (Å²) in [7, 11) is 0. The van der Waals surface area contributed by atoms with Crippen LogP contribution in [0.1, 0.15) is 66.4 Å². The highest BCUT2D eigenvalue weighted by molar-refractivity contribution is 5.96. The van der Waals surface area contributed by atoms with Gasteiger partial charge in [0.15, 0.2) is 0 Å². The Bertz CT molecular complexity index is 564. The molecule has 0 saturated carbocycles. The minimum absolute atomic E-state index is 0. The van der Waals surface area contributed by atoms with Crippen molar-refractivity contribution < 1.29 is 9.18 Å². The molecule has 1 unspecified atom stereocenters. The average Bonchev–Trinajstić information content (AvgIpc) is 2.55. The quantitative estimate of drug-likeness (QED) is 0.869. The Labute approximate surface area is 150 Å². The van der Waals surface area contributed by atoms with Crippen molar-refractivity contribution in [2.45, 2.75) is 57.9 Å². The van der Waals surface area contributed by atoms with Crippen molar-refractivity contribution in [2.24, 2.45) is 0 Å². The molecule has 3 rings (SSSR count). The zero-order valence-electron chi connectivity index (χ0n) is 14.6. The lowest BCUT2D eigenvalue weighted by molar-refractivity contribution is 0.0630. The molecule has 24 heavy (non-hydrogen) atoms. The number of halogens is 2. The standard InChI is InChI=1S/C19H27FN2O.ClH/c1-13-11-16(15-6-8-21-9-7-15)12-17(20)18(13)19(23)22-10-4-3-5-14(22)2;/h11-12,14-15,21H,3-10H2,1-2H3;1H. The van der Waals surface area contributed by atoms with Crippen LogP contribution in [-0.2, 0) is 0 Å². The van der Waals surface area contributed by atoms with E-state index in [1.807, 2.05) is 17.9 Å². The van der Waals surface area contributed by atoms with Crippen LogP contribution in [0.5, 0.6) is 0 Å². The van der Waals surface area contributed by atoms with E-state index in [-0.39, 0.29) is 35.7 Å². The van der Waals surface area contributed by atoms with E-state index in [1.54, 1.807) is 6.07 Å². The number of piperidine rings is 2. The van der Waals surface area contributed by atoms with Crippen LogP contribution in [0.2, 0.25) is 0 Å². The molecule has 0 aromatic heterocycles. The van der Waals surface area contributed by atoms with Crippen molar-refractivity contribution in [1.29, 1.82) is 0 Å². The summed E-state index contributed by atoms with van der Waals surface area (Å²) < 4.78 is 14.7. The topological polar surface area (TPSA) is 32.3 Å². The molecular weight excluding hydrogens is 327 g/mol. The van der Waals surface area contributed by atoms with Gasteiger partial charge in [-0.05, 0) is 82.2 Å². The number of carbonyl (C=O) groups excluding carboxylic acids is 1. The van der Waals surface area contributed by atoms with E-state index >= 15 is 0 Å². The predicted octanol–water partition coefficient (Wildman–Crippen LogP) is 4.04. The lowest BCUT2D eigenvalue weighted by Gasteiger charge is -2.34. The average molecular weight is 355 g/mol. The maximum absolute atomic E-state index is 14.7. The summed E-state index contributed by atoms with van der Waals surface area (Å²) >= 11 is 0. The van der Waals surface area contributed by atoms with Gasteiger partial charge in [0.2, 0.25) is 0 Å². The fourth-order valence-electron chi connectivity index (χ4n) is 3.98. The van der Waals surface area contributed by atoms with Crippen molar-refractivity contribution in [1.82, 2.24) is 10.2 Å². The third kappa shape index (κ3) is 3.92. The maximum atomic E-state index is 14.7. The molecule has 134 valence electrons. The third-order valence-corrected chi connectivity index (χ3v) is 5.40. The van der Waals surface area contributed by atoms with Gasteiger partial charge in [-0.3, -0.25) is 4.79 Å². The molecule has 1 atom stereocenters. The van der Waals surface area contributed by atoms with E-state index in [4.69, 9.17) is 0 Å². The van der Waals surface area contributed by atoms with Crippen LogP contribution in [0.4, 0.5) is 4.39 Å². The van der Waals surface area contributed by atoms with Gasteiger partial charge >= 0.3 is 0 Å². The van der Waals surface area contributed by atoms with Crippen molar-refractivity contribution in [2.75, 3.05) is 19.6 Å². The first-order valence-electron chi connectivity index (χ1n) is 8.89. The molecule has 2 saturated heterocycles. The van der Waals surface area contributed by atoms with E-state index in [1.165, 1.54) is 0 Å². The number of likely N-dealkylation sites (tertiary alicyclic amines) is 1. The number of aryl methyl sites for hydroxylation is 1. The minimum Gasteiger partial charge on any atom is -0.336 e. The Morgan fingerprint density at radius 2 is 1.92 bits per heavy atom. The number of hydrogen-bond acceptors (Lipinski definition) is 2. The Kier molecular flexibility index (Phi) is 6.64. The molecule has 2 aliphatic rings. The van der Waals surface area contributed by atoms with E-state index in [0.29, 0.717) is 5.92 Å². The molecule has 1 aromatic rings. The molecule has 2 fully saturated rings. The van der Waals surface area contributed by atoms with E-state index in [2.05, 4.69) is 12.2 Å². The number of amides is 1. The molecule has 0 spiro atoms. The van der Waals surface area contributed by atoms with Crippen LogP contribution in [0.15, 0.2) is 12.1 Å². The number of nitrogens with zero attached hydrogens (tertiary/aromatic N) is 1. The van der Waals surface area contributed by atoms with Crippen molar-refractivity contribution in [3.63, 3.8) is 0 Å². The Morgan fingerprint density at radius 3 is 2.54 bits per heavy atom. The fraction of sp³-hybridized carbons (Fsp3) is 0.632. The van der Waals surface area contributed by atoms with Crippen molar-refractivity contribution in [3.05, 3.63) is 34.6 Å². The summed E-state index contributed by atoms with van der Waals surface area (Å²) in [5, 5.41) is 3.34. The van der Waals surface area contributed by atoms with Crippen LogP contribution >= 0.6 is 12.4 Å². The monoisotopic (exact) mass is 354 g/mol. The van der Waals surface area contributed by atoms with Gasteiger partial charge < -0.3 is 10.2 Å². The van der Waals surface area contributed by atoms with Gasteiger partial charge in [-0.15, -0.1) is 12.4 Å². The first kappa shape index (κ1) is 19.2. The Balaban J connectivity index is 0.00000208. The molecule has 1 amide bonds. The number of benzene rings is 1. The highest BCUT2D eigenvalue weighted by atomic mass is 35.5. The van der Waals surface area contributed by atoms with Gasteiger partial charge in [0.25, 0.3) is 5.91 Å². The van der Waals surface area contributed by atoms with Crippen molar-refractivity contribution >= 4 is 18.3 Å². The predicted molar refractivity (Wildman–Crippen MR) is 97.6 cm³/mol. The van der Waals surface area contributed by atoms with Crippen LogP contribution in [-0.4, -0.2) is 36.5 Å². The number of rotatable bonds is 2. The summed E-state index contributed by atoms with van der Waals surface area (Å²) in [6.07, 6.45) is 5.26. The van der Waals surface area contributed by atoms with Gasteiger partial charge in [-0.25, -0.2) is 4.39 Å². The lowest BCUT2D eigenvalue weighted by atomic mass is 9.88. The second-order valence-corrected chi connectivity index (χ2v) is 7.06. The Morgan fingerprint density at radius 1 is 1.21 bits per heavy atom. The molecule has 0 radical (unpaired) electrons. The molecule has 0 aliphatic carbocycles. The summed E-state index contributed by atoms with van der Waals surface area (Å²) in [6.45, 7) is 6.65. The van der Waals surface area contributed by atoms with Crippen LogP contribution in [0.3, 0.4) is 0 Å². The normalized spacial score (nSPS) is 22.1. The summed E-state index contributed by atoms with van der Waals surface area (Å²) in [5.41, 5.74) is 2.10. The number of carbonyl (C=O) groups is 1. The number of hydrogen-bond donors (Lipinski definition) is 1. The summed E-state index contributed by atoms with van der Waals surface area (Å²) in [5.74, 6) is -0.0760. The maximum Gasteiger partial charge on any atom is 0.257 e. The third-order valence-electron chi connectivity index (χ3n) is 5.40.